The highest BCUT2D eigenvalue weighted by atomic mass is 32.1. The standard InChI is InChI=1S/C20H26N2O3S2/c1-6-16-13(4)27-18(17(16)19(23)24-5)22-20(26)21-12(3)14-8-10-15(11-9-14)25-7-2/h8-12H,6-7H2,1-5H3,(H2,21,22,26). The van der Waals surface area contributed by atoms with Gasteiger partial charge in [0.25, 0.3) is 0 Å². The molecule has 0 saturated heterocycles. The van der Waals surface area contributed by atoms with Crippen molar-refractivity contribution in [1.82, 2.24) is 5.32 Å². The van der Waals surface area contributed by atoms with Crippen molar-refractivity contribution in [3.05, 3.63) is 45.8 Å². The number of methoxy groups -OCH3 is 1. The molecule has 0 amide bonds. The number of aryl methyl sites for hydroxylation is 1. The first-order valence-corrected chi connectivity index (χ1v) is 10.1. The van der Waals surface area contributed by atoms with E-state index >= 15 is 0 Å². The summed E-state index contributed by atoms with van der Waals surface area (Å²) in [6, 6.07) is 7.91. The van der Waals surface area contributed by atoms with Gasteiger partial charge in [0, 0.05) is 4.88 Å². The van der Waals surface area contributed by atoms with E-state index in [2.05, 4.69) is 10.6 Å². The van der Waals surface area contributed by atoms with Gasteiger partial charge in [-0.25, -0.2) is 4.79 Å². The number of rotatable bonds is 7. The molecule has 1 aromatic heterocycles. The van der Waals surface area contributed by atoms with Crippen LogP contribution >= 0.6 is 23.6 Å². The maximum Gasteiger partial charge on any atom is 0.341 e. The lowest BCUT2D eigenvalue weighted by molar-refractivity contribution is 0.0601. The molecule has 2 N–H and O–H groups in total. The van der Waals surface area contributed by atoms with Crippen molar-refractivity contribution < 1.29 is 14.3 Å². The fraction of sp³-hybridized carbons (Fsp3) is 0.400. The summed E-state index contributed by atoms with van der Waals surface area (Å²) in [4.78, 5) is 13.3. The van der Waals surface area contributed by atoms with Crippen LogP contribution in [0.15, 0.2) is 24.3 Å². The summed E-state index contributed by atoms with van der Waals surface area (Å²) < 4.78 is 10.4. The molecule has 1 atom stereocenters. The summed E-state index contributed by atoms with van der Waals surface area (Å²) in [5.41, 5.74) is 2.66. The number of carbonyl (C=O) groups excluding carboxylic acids is 1. The van der Waals surface area contributed by atoms with Gasteiger partial charge in [-0.15, -0.1) is 11.3 Å². The first kappa shape index (κ1) is 21.2. The number of thiocarbonyl (C=S) groups is 1. The van der Waals surface area contributed by atoms with Crippen LogP contribution in [0.2, 0.25) is 0 Å². The van der Waals surface area contributed by atoms with Crippen LogP contribution in [0.5, 0.6) is 5.75 Å². The number of hydrogen-bond donors (Lipinski definition) is 2. The van der Waals surface area contributed by atoms with Crippen LogP contribution < -0.4 is 15.4 Å². The number of ether oxygens (including phenoxy) is 2. The summed E-state index contributed by atoms with van der Waals surface area (Å²) >= 11 is 6.97. The highest BCUT2D eigenvalue weighted by Gasteiger charge is 2.22. The highest BCUT2D eigenvalue weighted by Crippen LogP contribution is 2.34. The van der Waals surface area contributed by atoms with Gasteiger partial charge >= 0.3 is 5.97 Å². The smallest absolute Gasteiger partial charge is 0.341 e. The Morgan fingerprint density at radius 2 is 1.93 bits per heavy atom. The number of benzene rings is 1. The molecule has 0 fully saturated rings. The van der Waals surface area contributed by atoms with E-state index in [1.807, 2.05) is 52.0 Å². The predicted octanol–water partition coefficient (Wildman–Crippen LogP) is 4.85. The van der Waals surface area contributed by atoms with Gasteiger partial charge in [-0.3, -0.25) is 0 Å². The predicted molar refractivity (Wildman–Crippen MR) is 115 cm³/mol. The topological polar surface area (TPSA) is 59.6 Å². The van der Waals surface area contributed by atoms with Crippen molar-refractivity contribution in [2.24, 2.45) is 0 Å². The molecular weight excluding hydrogens is 380 g/mol. The normalized spacial score (nSPS) is 11.6. The largest absolute Gasteiger partial charge is 0.494 e. The molecular formula is C20H26N2O3S2. The lowest BCUT2D eigenvalue weighted by atomic mass is 10.1. The van der Waals surface area contributed by atoms with E-state index in [-0.39, 0.29) is 12.0 Å². The molecule has 5 nitrogen and oxygen atoms in total. The fourth-order valence-corrected chi connectivity index (χ4v) is 4.33. The highest BCUT2D eigenvalue weighted by molar-refractivity contribution is 7.80. The second kappa shape index (κ2) is 9.71. The van der Waals surface area contributed by atoms with Gasteiger partial charge in [0.15, 0.2) is 5.11 Å². The van der Waals surface area contributed by atoms with Crippen molar-refractivity contribution >= 4 is 39.6 Å². The van der Waals surface area contributed by atoms with Gasteiger partial charge in [-0.2, -0.15) is 0 Å². The van der Waals surface area contributed by atoms with Crippen LogP contribution in [0, 0.1) is 6.92 Å². The number of anilines is 1. The van der Waals surface area contributed by atoms with Crippen LogP contribution in [0.4, 0.5) is 5.00 Å². The van der Waals surface area contributed by atoms with E-state index in [0.29, 0.717) is 22.3 Å². The Balaban J connectivity index is 2.10. The molecule has 0 saturated carbocycles. The minimum Gasteiger partial charge on any atom is -0.494 e. The third-order valence-electron chi connectivity index (χ3n) is 4.22. The monoisotopic (exact) mass is 406 g/mol. The molecule has 2 rings (SSSR count). The average molecular weight is 407 g/mol. The molecule has 0 radical (unpaired) electrons. The van der Waals surface area contributed by atoms with Crippen LogP contribution in [0.1, 0.15) is 53.2 Å². The quantitative estimate of drug-likeness (QED) is 0.506. The Morgan fingerprint density at radius 1 is 1.26 bits per heavy atom. The zero-order chi connectivity index (χ0) is 20.0. The minimum absolute atomic E-state index is 0.00829. The van der Waals surface area contributed by atoms with E-state index in [0.717, 1.165) is 28.2 Å². The average Bonchev–Trinajstić information content (AvgIpc) is 2.96. The second-order valence-corrected chi connectivity index (χ2v) is 7.64. The van der Waals surface area contributed by atoms with Crippen LogP contribution in [0.3, 0.4) is 0 Å². The molecule has 0 aliphatic carbocycles. The van der Waals surface area contributed by atoms with Gasteiger partial charge in [-0.05, 0) is 62.7 Å². The van der Waals surface area contributed by atoms with Crippen molar-refractivity contribution in [1.29, 1.82) is 0 Å². The Labute approximate surface area is 170 Å². The molecule has 0 spiro atoms. The van der Waals surface area contributed by atoms with Crippen LogP contribution in [-0.4, -0.2) is 24.8 Å². The van der Waals surface area contributed by atoms with Gasteiger partial charge in [0.1, 0.15) is 10.8 Å². The summed E-state index contributed by atoms with van der Waals surface area (Å²) in [6.07, 6.45) is 0.761. The van der Waals surface area contributed by atoms with Crippen molar-refractivity contribution in [3.8, 4) is 5.75 Å². The van der Waals surface area contributed by atoms with E-state index in [1.54, 1.807) is 0 Å². The Bertz CT molecular complexity index is 800. The van der Waals surface area contributed by atoms with Gasteiger partial charge < -0.3 is 20.1 Å². The van der Waals surface area contributed by atoms with E-state index in [9.17, 15) is 4.79 Å². The molecule has 1 unspecified atom stereocenters. The third kappa shape index (κ3) is 5.20. The molecule has 146 valence electrons. The first-order valence-electron chi connectivity index (χ1n) is 8.92. The Kier molecular flexibility index (Phi) is 7.62. The molecule has 0 aliphatic heterocycles. The maximum absolute atomic E-state index is 12.2. The SMILES string of the molecule is CCOc1ccc(C(C)NC(=S)Nc2sc(C)c(CC)c2C(=O)OC)cc1. The number of carbonyl (C=O) groups is 1. The van der Waals surface area contributed by atoms with E-state index in [4.69, 9.17) is 21.7 Å². The molecule has 7 heteroatoms. The van der Waals surface area contributed by atoms with Crippen molar-refractivity contribution in [2.45, 2.75) is 40.2 Å². The van der Waals surface area contributed by atoms with Crippen LogP contribution in [-0.2, 0) is 11.2 Å². The van der Waals surface area contributed by atoms with Gasteiger partial charge in [-0.1, -0.05) is 19.1 Å². The lowest BCUT2D eigenvalue weighted by Crippen LogP contribution is -2.31. The van der Waals surface area contributed by atoms with Crippen molar-refractivity contribution in [3.63, 3.8) is 0 Å². The number of esters is 1. The molecule has 2 aromatic rings. The minimum atomic E-state index is -0.346. The van der Waals surface area contributed by atoms with Gasteiger partial charge in [0.2, 0.25) is 0 Å². The molecule has 0 aliphatic rings. The van der Waals surface area contributed by atoms with Gasteiger partial charge in [0.05, 0.1) is 25.3 Å². The second-order valence-electron chi connectivity index (χ2n) is 6.01. The Morgan fingerprint density at radius 3 is 2.48 bits per heavy atom. The third-order valence-corrected chi connectivity index (χ3v) is 5.50. The molecule has 1 heterocycles. The summed E-state index contributed by atoms with van der Waals surface area (Å²) in [7, 11) is 1.39. The van der Waals surface area contributed by atoms with E-state index < -0.39 is 0 Å². The number of hydrogen-bond acceptors (Lipinski definition) is 5. The summed E-state index contributed by atoms with van der Waals surface area (Å²) in [5, 5.41) is 7.61. The molecule has 1 aromatic carbocycles. The summed E-state index contributed by atoms with van der Waals surface area (Å²) in [6.45, 7) is 8.66. The fourth-order valence-electron chi connectivity index (χ4n) is 2.85. The zero-order valence-electron chi connectivity index (χ0n) is 16.3. The van der Waals surface area contributed by atoms with Crippen LogP contribution in [0.25, 0.3) is 0 Å². The zero-order valence-corrected chi connectivity index (χ0v) is 18.0. The van der Waals surface area contributed by atoms with E-state index in [1.165, 1.54) is 18.4 Å². The maximum atomic E-state index is 12.2. The van der Waals surface area contributed by atoms with Crippen molar-refractivity contribution in [2.75, 3.05) is 19.0 Å². The first-order chi connectivity index (χ1) is 12.9. The lowest BCUT2D eigenvalue weighted by Gasteiger charge is -2.18. The Hall–Kier alpha value is -2.12. The number of nitrogens with one attached hydrogen (secondary N) is 2. The molecule has 0 bridgehead atoms. The summed E-state index contributed by atoms with van der Waals surface area (Å²) in [5.74, 6) is 0.499. The molecule has 27 heavy (non-hydrogen) atoms. The number of thiophene rings is 1.